The first-order valence-electron chi connectivity index (χ1n) is 8.73. The molecule has 2 aromatic carbocycles. The molecule has 23 heavy (non-hydrogen) atoms. The van der Waals surface area contributed by atoms with Gasteiger partial charge in [-0.3, -0.25) is 0 Å². The highest BCUT2D eigenvalue weighted by molar-refractivity contribution is 5.35. The molecule has 1 heteroatoms. The van der Waals surface area contributed by atoms with E-state index >= 15 is 0 Å². The first-order chi connectivity index (χ1) is 11.4. The third-order valence-electron chi connectivity index (χ3n) is 4.86. The van der Waals surface area contributed by atoms with Crippen molar-refractivity contribution in [3.05, 3.63) is 77.4 Å². The van der Waals surface area contributed by atoms with E-state index in [1.54, 1.807) is 12.7 Å². The van der Waals surface area contributed by atoms with Crippen LogP contribution in [0.15, 0.2) is 66.2 Å². The molecule has 2 aromatic rings. The molecule has 0 bridgehead atoms. The second kappa shape index (κ2) is 8.01. The highest BCUT2D eigenvalue weighted by atomic mass is 16.5. The molecule has 1 nitrogen and oxygen atoms in total. The number of benzene rings is 2. The number of hydrogen-bond acceptors (Lipinski definition) is 1. The predicted molar refractivity (Wildman–Crippen MR) is 97.0 cm³/mol. The Hall–Kier alpha value is -2.02. The van der Waals surface area contributed by atoms with Crippen molar-refractivity contribution in [1.29, 1.82) is 0 Å². The van der Waals surface area contributed by atoms with Crippen molar-refractivity contribution in [3.63, 3.8) is 0 Å². The summed E-state index contributed by atoms with van der Waals surface area (Å²) in [6.45, 7) is 0. The van der Waals surface area contributed by atoms with E-state index in [-0.39, 0.29) is 0 Å². The zero-order valence-electron chi connectivity index (χ0n) is 14.0. The molecular formula is C22H26O. The Morgan fingerprint density at radius 3 is 2.39 bits per heavy atom. The van der Waals surface area contributed by atoms with E-state index in [0.717, 1.165) is 12.2 Å². The van der Waals surface area contributed by atoms with Gasteiger partial charge in [-0.1, -0.05) is 54.1 Å². The van der Waals surface area contributed by atoms with Crippen LogP contribution in [0, 0.1) is 0 Å². The Morgan fingerprint density at radius 1 is 0.957 bits per heavy atom. The fourth-order valence-corrected chi connectivity index (χ4v) is 3.54. The summed E-state index contributed by atoms with van der Waals surface area (Å²) >= 11 is 0. The smallest absolute Gasteiger partial charge is 0.118 e. The molecule has 0 aliphatic heterocycles. The number of aryl methyl sites for hydroxylation is 1. The maximum atomic E-state index is 5.31. The van der Waals surface area contributed by atoms with Gasteiger partial charge in [0.15, 0.2) is 0 Å². The zero-order chi connectivity index (χ0) is 15.9. The van der Waals surface area contributed by atoms with Crippen LogP contribution in [0.5, 0.6) is 5.75 Å². The second-order valence-electron chi connectivity index (χ2n) is 6.37. The van der Waals surface area contributed by atoms with Crippen molar-refractivity contribution in [2.75, 3.05) is 7.11 Å². The fraction of sp³-hybridized carbons (Fsp3) is 0.364. The molecule has 1 aliphatic carbocycles. The molecule has 0 radical (unpaired) electrons. The lowest BCUT2D eigenvalue weighted by molar-refractivity contribution is 0.414. The second-order valence-corrected chi connectivity index (χ2v) is 6.37. The first-order valence-corrected chi connectivity index (χ1v) is 8.73. The number of ether oxygens (including phenoxy) is 1. The van der Waals surface area contributed by atoms with E-state index in [9.17, 15) is 0 Å². The third kappa shape index (κ3) is 4.25. The monoisotopic (exact) mass is 306 g/mol. The quantitative estimate of drug-likeness (QED) is 0.603. The van der Waals surface area contributed by atoms with E-state index in [4.69, 9.17) is 4.74 Å². The van der Waals surface area contributed by atoms with Crippen LogP contribution in [0.1, 0.15) is 49.1 Å². The largest absolute Gasteiger partial charge is 0.497 e. The normalized spacial score (nSPS) is 15.8. The summed E-state index contributed by atoms with van der Waals surface area (Å²) < 4.78 is 5.31. The van der Waals surface area contributed by atoms with Crippen molar-refractivity contribution in [3.8, 4) is 5.75 Å². The molecule has 0 aromatic heterocycles. The van der Waals surface area contributed by atoms with Gasteiger partial charge in [0.05, 0.1) is 7.11 Å². The van der Waals surface area contributed by atoms with Crippen LogP contribution >= 0.6 is 0 Å². The number of hydrogen-bond donors (Lipinski definition) is 0. The summed E-state index contributed by atoms with van der Waals surface area (Å²) in [4.78, 5) is 0. The molecule has 0 N–H and O–H groups in total. The first kappa shape index (κ1) is 15.9. The van der Waals surface area contributed by atoms with Crippen molar-refractivity contribution in [1.82, 2.24) is 0 Å². The van der Waals surface area contributed by atoms with Crippen molar-refractivity contribution in [2.45, 2.75) is 44.4 Å². The molecule has 1 aliphatic rings. The standard InChI is InChI=1S/C22H26O/c1-23-21-15-13-20(14-16-21)22(19-10-6-3-7-11-19)17-12-18-8-4-2-5-9-18/h2,4-5,8-10,13-16,22H,3,6-7,11-12,17H2,1H3/t22-/m1/s1. The topological polar surface area (TPSA) is 9.23 Å². The molecule has 0 unspecified atom stereocenters. The lowest BCUT2D eigenvalue weighted by atomic mass is 9.81. The minimum Gasteiger partial charge on any atom is -0.497 e. The third-order valence-corrected chi connectivity index (χ3v) is 4.86. The number of methoxy groups -OCH3 is 1. The van der Waals surface area contributed by atoms with E-state index < -0.39 is 0 Å². The Morgan fingerprint density at radius 2 is 1.74 bits per heavy atom. The SMILES string of the molecule is COc1ccc([C@H](CCc2ccccc2)C2=CCCCC2)cc1. The summed E-state index contributed by atoms with van der Waals surface area (Å²) in [5.41, 5.74) is 4.50. The lowest BCUT2D eigenvalue weighted by Crippen LogP contribution is -2.07. The molecule has 0 amide bonds. The average Bonchev–Trinajstić information content (AvgIpc) is 2.64. The van der Waals surface area contributed by atoms with E-state index in [2.05, 4.69) is 60.7 Å². The Balaban J connectivity index is 1.79. The van der Waals surface area contributed by atoms with Gasteiger partial charge in [-0.2, -0.15) is 0 Å². The molecule has 0 spiro atoms. The summed E-state index contributed by atoms with van der Waals surface area (Å²) in [5.74, 6) is 1.48. The van der Waals surface area contributed by atoms with Gasteiger partial charge in [-0.05, 0) is 61.8 Å². The summed E-state index contributed by atoms with van der Waals surface area (Å²) in [7, 11) is 1.73. The molecule has 0 saturated carbocycles. The minimum absolute atomic E-state index is 0.543. The van der Waals surface area contributed by atoms with Crippen LogP contribution in [0.4, 0.5) is 0 Å². The molecule has 0 heterocycles. The van der Waals surface area contributed by atoms with Crippen LogP contribution in [-0.2, 0) is 6.42 Å². The van der Waals surface area contributed by atoms with Crippen molar-refractivity contribution < 1.29 is 4.74 Å². The molecule has 1 atom stereocenters. The maximum Gasteiger partial charge on any atom is 0.118 e. The van der Waals surface area contributed by atoms with Gasteiger partial charge in [-0.25, -0.2) is 0 Å². The molecule has 120 valence electrons. The molecule has 3 rings (SSSR count). The van der Waals surface area contributed by atoms with E-state index in [1.807, 2.05) is 0 Å². The van der Waals surface area contributed by atoms with Crippen LogP contribution in [0.25, 0.3) is 0 Å². The van der Waals surface area contributed by atoms with Gasteiger partial charge in [0.1, 0.15) is 5.75 Å². The minimum atomic E-state index is 0.543. The fourth-order valence-electron chi connectivity index (χ4n) is 3.54. The molecule has 0 saturated heterocycles. The zero-order valence-corrected chi connectivity index (χ0v) is 14.0. The van der Waals surface area contributed by atoms with Gasteiger partial charge in [0.25, 0.3) is 0 Å². The Bertz CT molecular complexity index is 625. The average molecular weight is 306 g/mol. The Labute approximate surface area is 140 Å². The van der Waals surface area contributed by atoms with Crippen LogP contribution in [-0.4, -0.2) is 7.11 Å². The summed E-state index contributed by atoms with van der Waals surface area (Å²) in [6.07, 6.45) is 9.99. The molecular weight excluding hydrogens is 280 g/mol. The number of allylic oxidation sites excluding steroid dienone is 2. The number of rotatable bonds is 6. The summed E-state index contributed by atoms with van der Waals surface area (Å²) in [6, 6.07) is 19.5. The van der Waals surface area contributed by atoms with Gasteiger partial charge in [0, 0.05) is 5.92 Å². The highest BCUT2D eigenvalue weighted by Crippen LogP contribution is 2.35. The van der Waals surface area contributed by atoms with E-state index in [1.165, 1.54) is 43.2 Å². The van der Waals surface area contributed by atoms with Gasteiger partial charge < -0.3 is 4.74 Å². The lowest BCUT2D eigenvalue weighted by Gasteiger charge is -2.24. The highest BCUT2D eigenvalue weighted by Gasteiger charge is 2.18. The maximum absolute atomic E-state index is 5.31. The van der Waals surface area contributed by atoms with Gasteiger partial charge >= 0.3 is 0 Å². The summed E-state index contributed by atoms with van der Waals surface area (Å²) in [5, 5.41) is 0. The Kier molecular flexibility index (Phi) is 5.52. The van der Waals surface area contributed by atoms with Crippen molar-refractivity contribution >= 4 is 0 Å². The van der Waals surface area contributed by atoms with Crippen LogP contribution in [0.2, 0.25) is 0 Å². The van der Waals surface area contributed by atoms with Crippen LogP contribution in [0.3, 0.4) is 0 Å². The van der Waals surface area contributed by atoms with Crippen molar-refractivity contribution in [2.24, 2.45) is 0 Å². The van der Waals surface area contributed by atoms with Gasteiger partial charge in [-0.15, -0.1) is 0 Å². The van der Waals surface area contributed by atoms with Crippen LogP contribution < -0.4 is 4.74 Å². The van der Waals surface area contributed by atoms with E-state index in [0.29, 0.717) is 5.92 Å². The predicted octanol–water partition coefficient (Wildman–Crippen LogP) is 5.91. The van der Waals surface area contributed by atoms with Gasteiger partial charge in [0.2, 0.25) is 0 Å². The molecule has 0 fully saturated rings.